The Hall–Kier alpha value is -0.940. The third kappa shape index (κ3) is 2.50. The van der Waals surface area contributed by atoms with Crippen molar-refractivity contribution in [3.8, 4) is 0 Å². The van der Waals surface area contributed by atoms with Crippen LogP contribution in [0.4, 0.5) is 5.13 Å². The van der Waals surface area contributed by atoms with Gasteiger partial charge in [-0.2, -0.15) is 0 Å². The Kier molecular flexibility index (Phi) is 3.11. The molecular formula is C12H15N3S2. The molecule has 0 saturated heterocycles. The predicted octanol–water partition coefficient (Wildman–Crippen LogP) is 3.73. The van der Waals surface area contributed by atoms with Gasteiger partial charge in [0.2, 0.25) is 5.13 Å². The quantitative estimate of drug-likeness (QED) is 0.895. The Balaban J connectivity index is 1.76. The van der Waals surface area contributed by atoms with E-state index >= 15 is 0 Å². The summed E-state index contributed by atoms with van der Waals surface area (Å²) in [6.07, 6.45) is 3.62. The molecule has 1 fully saturated rings. The topological polar surface area (TPSA) is 37.8 Å². The van der Waals surface area contributed by atoms with E-state index < -0.39 is 0 Å². The number of anilines is 1. The van der Waals surface area contributed by atoms with Gasteiger partial charge < -0.3 is 5.32 Å². The first-order valence-electron chi connectivity index (χ1n) is 5.99. The van der Waals surface area contributed by atoms with Crippen LogP contribution in [0.5, 0.6) is 0 Å². The maximum absolute atomic E-state index is 4.21. The van der Waals surface area contributed by atoms with E-state index in [4.69, 9.17) is 0 Å². The van der Waals surface area contributed by atoms with Gasteiger partial charge in [0.05, 0.1) is 6.04 Å². The number of hydrogen-bond donors (Lipinski definition) is 1. The van der Waals surface area contributed by atoms with Crippen LogP contribution in [0.15, 0.2) is 17.5 Å². The zero-order valence-corrected chi connectivity index (χ0v) is 11.4. The van der Waals surface area contributed by atoms with Gasteiger partial charge in [-0.05, 0) is 36.6 Å². The van der Waals surface area contributed by atoms with Gasteiger partial charge in [0.15, 0.2) is 0 Å². The molecule has 0 radical (unpaired) electrons. The van der Waals surface area contributed by atoms with Crippen LogP contribution in [0, 0.1) is 5.92 Å². The lowest BCUT2D eigenvalue weighted by molar-refractivity contribution is 0.688. The largest absolute Gasteiger partial charge is 0.352 e. The standard InChI is InChI=1S/C12H15N3S2/c1-2-10-14-15-12(17-10)13-11(8-5-6-8)9-4-3-7-16-9/h3-4,7-8,11H,2,5-6H2,1H3,(H,13,15). The molecule has 2 aromatic heterocycles. The van der Waals surface area contributed by atoms with E-state index in [1.807, 2.05) is 11.3 Å². The average Bonchev–Trinajstić information content (AvgIpc) is 2.88. The van der Waals surface area contributed by atoms with Gasteiger partial charge in [-0.15, -0.1) is 21.5 Å². The number of rotatable bonds is 5. The Labute approximate surface area is 109 Å². The summed E-state index contributed by atoms with van der Waals surface area (Å²) in [6, 6.07) is 4.77. The lowest BCUT2D eigenvalue weighted by Crippen LogP contribution is -2.11. The average molecular weight is 265 g/mol. The summed E-state index contributed by atoms with van der Waals surface area (Å²) >= 11 is 3.50. The number of aryl methyl sites for hydroxylation is 1. The second-order valence-corrected chi connectivity index (χ2v) is 6.37. The molecule has 2 heterocycles. The molecule has 3 nitrogen and oxygen atoms in total. The second-order valence-electron chi connectivity index (χ2n) is 4.33. The van der Waals surface area contributed by atoms with Crippen molar-refractivity contribution in [3.63, 3.8) is 0 Å². The molecule has 1 aliphatic rings. The van der Waals surface area contributed by atoms with Crippen LogP contribution >= 0.6 is 22.7 Å². The third-order valence-corrected chi connectivity index (χ3v) is 4.95. The Bertz CT molecular complexity index is 474. The maximum atomic E-state index is 4.21. The fraction of sp³-hybridized carbons (Fsp3) is 0.500. The van der Waals surface area contributed by atoms with E-state index in [9.17, 15) is 0 Å². The van der Waals surface area contributed by atoms with Crippen molar-refractivity contribution in [2.24, 2.45) is 5.92 Å². The fourth-order valence-electron chi connectivity index (χ4n) is 1.91. The molecule has 0 amide bonds. The highest BCUT2D eigenvalue weighted by Crippen LogP contribution is 2.44. The molecule has 1 unspecified atom stereocenters. The molecule has 2 aromatic rings. The van der Waals surface area contributed by atoms with Crippen LogP contribution < -0.4 is 5.32 Å². The lowest BCUT2D eigenvalue weighted by Gasteiger charge is -2.15. The van der Waals surface area contributed by atoms with Crippen LogP contribution in [-0.4, -0.2) is 10.2 Å². The fourth-order valence-corrected chi connectivity index (χ4v) is 3.49. The monoisotopic (exact) mass is 265 g/mol. The third-order valence-electron chi connectivity index (χ3n) is 2.99. The van der Waals surface area contributed by atoms with E-state index in [0.717, 1.165) is 22.5 Å². The van der Waals surface area contributed by atoms with Crippen molar-refractivity contribution in [3.05, 3.63) is 27.4 Å². The first-order chi connectivity index (χ1) is 8.36. The van der Waals surface area contributed by atoms with Crippen LogP contribution in [0.2, 0.25) is 0 Å². The van der Waals surface area contributed by atoms with E-state index in [1.54, 1.807) is 11.3 Å². The zero-order valence-electron chi connectivity index (χ0n) is 9.72. The minimum absolute atomic E-state index is 0.438. The normalized spacial score (nSPS) is 17.0. The van der Waals surface area contributed by atoms with Crippen LogP contribution in [0.1, 0.15) is 35.7 Å². The molecule has 1 atom stereocenters. The lowest BCUT2D eigenvalue weighted by atomic mass is 10.1. The Morgan fingerprint density at radius 2 is 2.35 bits per heavy atom. The molecule has 1 aliphatic carbocycles. The van der Waals surface area contributed by atoms with Crippen LogP contribution in [0.3, 0.4) is 0 Å². The summed E-state index contributed by atoms with van der Waals surface area (Å²) in [7, 11) is 0. The van der Waals surface area contributed by atoms with E-state index in [-0.39, 0.29) is 0 Å². The van der Waals surface area contributed by atoms with Gasteiger partial charge >= 0.3 is 0 Å². The number of hydrogen-bond acceptors (Lipinski definition) is 5. The first-order valence-corrected chi connectivity index (χ1v) is 7.68. The molecule has 0 spiro atoms. The van der Waals surface area contributed by atoms with Crippen LogP contribution in [-0.2, 0) is 6.42 Å². The van der Waals surface area contributed by atoms with Crippen molar-refractivity contribution in [1.82, 2.24) is 10.2 Å². The SMILES string of the molecule is CCc1nnc(NC(c2cccs2)C2CC2)s1. The number of nitrogens with one attached hydrogen (secondary N) is 1. The Morgan fingerprint density at radius 3 is 2.94 bits per heavy atom. The van der Waals surface area contributed by atoms with Crippen molar-refractivity contribution < 1.29 is 0 Å². The summed E-state index contributed by atoms with van der Waals surface area (Å²) in [5.74, 6) is 0.780. The molecule has 90 valence electrons. The van der Waals surface area contributed by atoms with Crippen molar-refractivity contribution in [1.29, 1.82) is 0 Å². The van der Waals surface area contributed by atoms with Gasteiger partial charge in [-0.25, -0.2) is 0 Å². The van der Waals surface area contributed by atoms with Gasteiger partial charge in [-0.1, -0.05) is 24.3 Å². The minimum atomic E-state index is 0.438. The minimum Gasteiger partial charge on any atom is -0.352 e. The highest BCUT2D eigenvalue weighted by atomic mass is 32.1. The zero-order chi connectivity index (χ0) is 11.7. The molecule has 1 N–H and O–H groups in total. The molecule has 0 aliphatic heterocycles. The molecule has 0 bridgehead atoms. The van der Waals surface area contributed by atoms with Gasteiger partial charge in [0, 0.05) is 4.88 Å². The Morgan fingerprint density at radius 1 is 1.47 bits per heavy atom. The van der Waals surface area contributed by atoms with E-state index in [2.05, 4.69) is 40.0 Å². The predicted molar refractivity (Wildman–Crippen MR) is 72.7 cm³/mol. The summed E-state index contributed by atoms with van der Waals surface area (Å²) in [5, 5.41) is 16.1. The highest BCUT2D eigenvalue weighted by molar-refractivity contribution is 7.15. The highest BCUT2D eigenvalue weighted by Gasteiger charge is 2.33. The van der Waals surface area contributed by atoms with Crippen molar-refractivity contribution in [2.45, 2.75) is 32.2 Å². The summed E-state index contributed by atoms with van der Waals surface area (Å²) in [5.41, 5.74) is 0. The molecular weight excluding hydrogens is 250 g/mol. The van der Waals surface area contributed by atoms with Crippen molar-refractivity contribution >= 4 is 27.8 Å². The van der Waals surface area contributed by atoms with Gasteiger partial charge in [-0.3, -0.25) is 0 Å². The molecule has 5 heteroatoms. The van der Waals surface area contributed by atoms with Crippen LogP contribution in [0.25, 0.3) is 0 Å². The van der Waals surface area contributed by atoms with E-state index in [1.165, 1.54) is 17.7 Å². The summed E-state index contributed by atoms with van der Waals surface area (Å²) in [6.45, 7) is 2.11. The first kappa shape index (κ1) is 11.2. The van der Waals surface area contributed by atoms with Gasteiger partial charge in [0.25, 0.3) is 0 Å². The number of thiophene rings is 1. The summed E-state index contributed by atoms with van der Waals surface area (Å²) in [4.78, 5) is 1.42. The molecule has 1 saturated carbocycles. The molecule has 3 rings (SSSR count). The number of nitrogens with zero attached hydrogens (tertiary/aromatic N) is 2. The second kappa shape index (κ2) is 4.74. The smallest absolute Gasteiger partial charge is 0.206 e. The molecule has 17 heavy (non-hydrogen) atoms. The molecule has 0 aromatic carbocycles. The van der Waals surface area contributed by atoms with Gasteiger partial charge in [0.1, 0.15) is 5.01 Å². The number of aromatic nitrogens is 2. The van der Waals surface area contributed by atoms with Crippen molar-refractivity contribution in [2.75, 3.05) is 5.32 Å². The summed E-state index contributed by atoms with van der Waals surface area (Å²) < 4.78 is 0. The van der Waals surface area contributed by atoms with E-state index in [0.29, 0.717) is 6.04 Å². The maximum Gasteiger partial charge on any atom is 0.206 e.